The Morgan fingerprint density at radius 1 is 1.40 bits per heavy atom. The summed E-state index contributed by atoms with van der Waals surface area (Å²) in [6, 6.07) is 3.76. The fourth-order valence-electron chi connectivity index (χ4n) is 1.14. The van der Waals surface area contributed by atoms with Gasteiger partial charge in [0.2, 0.25) is 5.95 Å². The highest BCUT2D eigenvalue weighted by Crippen LogP contribution is 2.15. The molecule has 0 aliphatic carbocycles. The Balaban J connectivity index is 2.33. The van der Waals surface area contributed by atoms with Crippen LogP contribution in [-0.4, -0.2) is 19.7 Å². The van der Waals surface area contributed by atoms with Crippen LogP contribution in [0, 0.1) is 11.3 Å². The van der Waals surface area contributed by atoms with Gasteiger partial charge < -0.3 is 5.32 Å². The van der Waals surface area contributed by atoms with Crippen molar-refractivity contribution in [1.82, 2.24) is 19.7 Å². The second-order valence-corrected chi connectivity index (χ2v) is 2.84. The third-order valence-corrected chi connectivity index (χ3v) is 1.86. The molecule has 0 aliphatic heterocycles. The molecular weight excluding hydrogens is 192 g/mol. The Kier molecular flexibility index (Phi) is 2.29. The topological polar surface area (TPSA) is 79.4 Å². The van der Waals surface area contributed by atoms with Crippen LogP contribution in [0.1, 0.15) is 5.56 Å². The molecule has 6 heteroatoms. The lowest BCUT2D eigenvalue weighted by Gasteiger charge is -2.03. The average Bonchev–Trinajstić information content (AvgIpc) is 2.62. The number of aryl methyl sites for hydroxylation is 1. The zero-order valence-electron chi connectivity index (χ0n) is 8.05. The van der Waals surface area contributed by atoms with Gasteiger partial charge in [-0.05, 0) is 6.07 Å². The monoisotopic (exact) mass is 200 g/mol. The summed E-state index contributed by atoms with van der Waals surface area (Å²) >= 11 is 0. The van der Waals surface area contributed by atoms with Gasteiger partial charge in [-0.15, -0.1) is 0 Å². The molecule has 0 radical (unpaired) electrons. The second kappa shape index (κ2) is 3.75. The largest absolute Gasteiger partial charge is 0.308 e. The second-order valence-electron chi connectivity index (χ2n) is 2.84. The van der Waals surface area contributed by atoms with Crippen molar-refractivity contribution in [3.05, 3.63) is 30.2 Å². The minimum atomic E-state index is 0.442. The van der Waals surface area contributed by atoms with E-state index in [4.69, 9.17) is 5.26 Å². The number of hydrogen-bond donors (Lipinski definition) is 1. The molecule has 6 nitrogen and oxygen atoms in total. The van der Waals surface area contributed by atoms with Crippen molar-refractivity contribution in [1.29, 1.82) is 5.26 Å². The molecular formula is C9H8N6. The molecule has 2 aromatic heterocycles. The van der Waals surface area contributed by atoms with E-state index in [2.05, 4.69) is 20.4 Å². The number of nitrogens with zero attached hydrogens (tertiary/aromatic N) is 5. The van der Waals surface area contributed by atoms with E-state index in [-0.39, 0.29) is 0 Å². The highest BCUT2D eigenvalue weighted by atomic mass is 15.3. The molecule has 0 atom stereocenters. The van der Waals surface area contributed by atoms with Crippen LogP contribution in [0.15, 0.2) is 24.7 Å². The van der Waals surface area contributed by atoms with Crippen LogP contribution < -0.4 is 5.32 Å². The summed E-state index contributed by atoms with van der Waals surface area (Å²) in [4.78, 5) is 7.99. The summed E-state index contributed by atoms with van der Waals surface area (Å²) in [5, 5.41) is 15.7. The number of rotatable bonds is 2. The van der Waals surface area contributed by atoms with Gasteiger partial charge in [0.25, 0.3) is 0 Å². The summed E-state index contributed by atoms with van der Waals surface area (Å²) < 4.78 is 1.56. The predicted molar refractivity (Wildman–Crippen MR) is 53.2 cm³/mol. The SMILES string of the molecule is Cn1ncc(C#N)c1Nc1ncccn1. The zero-order valence-corrected chi connectivity index (χ0v) is 8.05. The number of aromatic nitrogens is 4. The first-order valence-corrected chi connectivity index (χ1v) is 4.27. The van der Waals surface area contributed by atoms with E-state index in [9.17, 15) is 0 Å². The summed E-state index contributed by atoms with van der Waals surface area (Å²) in [6.07, 6.45) is 4.74. The van der Waals surface area contributed by atoms with E-state index < -0.39 is 0 Å². The summed E-state index contributed by atoms with van der Waals surface area (Å²) in [7, 11) is 1.74. The number of hydrogen-bond acceptors (Lipinski definition) is 5. The van der Waals surface area contributed by atoms with Crippen LogP contribution in [0.4, 0.5) is 11.8 Å². The molecule has 0 aliphatic rings. The van der Waals surface area contributed by atoms with Crippen LogP contribution in [0.2, 0.25) is 0 Å². The van der Waals surface area contributed by atoms with Gasteiger partial charge in [0.15, 0.2) is 0 Å². The first kappa shape index (κ1) is 9.15. The molecule has 0 unspecified atom stereocenters. The molecule has 1 N–H and O–H groups in total. The minimum Gasteiger partial charge on any atom is -0.308 e. The predicted octanol–water partition coefficient (Wildman–Crippen LogP) is 0.825. The van der Waals surface area contributed by atoms with Crippen molar-refractivity contribution in [2.24, 2.45) is 7.05 Å². The van der Waals surface area contributed by atoms with E-state index in [1.165, 1.54) is 6.20 Å². The Morgan fingerprint density at radius 2 is 2.13 bits per heavy atom. The van der Waals surface area contributed by atoms with Crippen LogP contribution in [-0.2, 0) is 7.05 Å². The Hall–Kier alpha value is -2.42. The number of nitriles is 1. The fraction of sp³-hybridized carbons (Fsp3) is 0.111. The first-order chi connectivity index (χ1) is 7.31. The van der Waals surface area contributed by atoms with Gasteiger partial charge >= 0.3 is 0 Å². The fourth-order valence-corrected chi connectivity index (χ4v) is 1.14. The third-order valence-electron chi connectivity index (χ3n) is 1.86. The Morgan fingerprint density at radius 3 is 2.80 bits per heavy atom. The molecule has 2 rings (SSSR count). The number of nitrogens with one attached hydrogen (secondary N) is 1. The van der Waals surface area contributed by atoms with Crippen molar-refractivity contribution < 1.29 is 0 Å². The third kappa shape index (κ3) is 1.76. The van der Waals surface area contributed by atoms with Crippen molar-refractivity contribution in [2.45, 2.75) is 0 Å². The minimum absolute atomic E-state index is 0.442. The smallest absolute Gasteiger partial charge is 0.228 e. The molecule has 2 aromatic rings. The first-order valence-electron chi connectivity index (χ1n) is 4.27. The van der Waals surface area contributed by atoms with E-state index >= 15 is 0 Å². The van der Waals surface area contributed by atoms with Crippen LogP contribution in [0.3, 0.4) is 0 Å². The van der Waals surface area contributed by atoms with Gasteiger partial charge in [-0.3, -0.25) is 4.68 Å². The average molecular weight is 200 g/mol. The van der Waals surface area contributed by atoms with Crippen molar-refractivity contribution in [3.8, 4) is 6.07 Å². The number of anilines is 2. The maximum absolute atomic E-state index is 8.83. The normalized spacial score (nSPS) is 9.60. The summed E-state index contributed by atoms with van der Waals surface area (Å²) in [5.41, 5.74) is 0.463. The molecule has 2 heterocycles. The van der Waals surface area contributed by atoms with E-state index in [1.807, 2.05) is 6.07 Å². The maximum atomic E-state index is 8.83. The molecule has 0 amide bonds. The van der Waals surface area contributed by atoms with Crippen LogP contribution in [0.5, 0.6) is 0 Å². The lowest BCUT2D eigenvalue weighted by atomic mass is 10.3. The van der Waals surface area contributed by atoms with Gasteiger partial charge in [-0.25, -0.2) is 9.97 Å². The standard InChI is InChI=1S/C9H8N6/c1-15-8(7(5-10)6-13-15)14-9-11-3-2-4-12-9/h2-4,6H,1H3,(H,11,12,14). The lowest BCUT2D eigenvalue weighted by molar-refractivity contribution is 0.775. The van der Waals surface area contributed by atoms with Crippen molar-refractivity contribution >= 4 is 11.8 Å². The van der Waals surface area contributed by atoms with Gasteiger partial charge in [-0.1, -0.05) is 0 Å². The lowest BCUT2D eigenvalue weighted by Crippen LogP contribution is -2.03. The quantitative estimate of drug-likeness (QED) is 0.776. The summed E-state index contributed by atoms with van der Waals surface area (Å²) in [6.45, 7) is 0. The Bertz CT molecular complexity index is 495. The van der Waals surface area contributed by atoms with Gasteiger partial charge in [-0.2, -0.15) is 10.4 Å². The molecule has 74 valence electrons. The zero-order chi connectivity index (χ0) is 10.7. The van der Waals surface area contributed by atoms with Crippen molar-refractivity contribution in [2.75, 3.05) is 5.32 Å². The van der Waals surface area contributed by atoms with E-state index in [0.717, 1.165) is 0 Å². The van der Waals surface area contributed by atoms with E-state index in [0.29, 0.717) is 17.3 Å². The maximum Gasteiger partial charge on any atom is 0.228 e. The highest BCUT2D eigenvalue weighted by Gasteiger charge is 2.08. The van der Waals surface area contributed by atoms with Crippen LogP contribution in [0.25, 0.3) is 0 Å². The molecule has 0 aromatic carbocycles. The van der Waals surface area contributed by atoms with Crippen molar-refractivity contribution in [3.63, 3.8) is 0 Å². The summed E-state index contributed by atoms with van der Waals surface area (Å²) in [5.74, 6) is 1.03. The molecule has 0 saturated carbocycles. The van der Waals surface area contributed by atoms with Gasteiger partial charge in [0.1, 0.15) is 17.5 Å². The molecule has 0 saturated heterocycles. The van der Waals surface area contributed by atoms with Crippen LogP contribution >= 0.6 is 0 Å². The molecule has 0 fully saturated rings. The van der Waals surface area contributed by atoms with Gasteiger partial charge in [0.05, 0.1) is 6.20 Å². The molecule has 0 spiro atoms. The molecule has 15 heavy (non-hydrogen) atoms. The Labute approximate surface area is 86.2 Å². The highest BCUT2D eigenvalue weighted by molar-refractivity contribution is 5.57. The molecule has 0 bridgehead atoms. The van der Waals surface area contributed by atoms with Gasteiger partial charge in [0, 0.05) is 19.4 Å². The van der Waals surface area contributed by atoms with E-state index in [1.54, 1.807) is 30.2 Å².